The topological polar surface area (TPSA) is 49.5 Å². The van der Waals surface area contributed by atoms with Gasteiger partial charge in [-0.15, -0.1) is 0 Å². The van der Waals surface area contributed by atoms with E-state index in [4.69, 9.17) is 5.73 Å². The Labute approximate surface area is 191 Å². The molecule has 2 N–H and O–H groups in total. The molecule has 33 heavy (non-hydrogen) atoms. The number of hydrogen-bond acceptors (Lipinski definition) is 3. The molecule has 6 aromatic rings. The summed E-state index contributed by atoms with van der Waals surface area (Å²) in [7, 11) is 4.20. The van der Waals surface area contributed by atoms with Crippen LogP contribution in [-0.4, -0.2) is 36.0 Å². The lowest BCUT2D eigenvalue weighted by molar-refractivity contribution is -0.497. The third kappa shape index (κ3) is 2.34. The Morgan fingerprint density at radius 3 is 2.18 bits per heavy atom. The Morgan fingerprint density at radius 2 is 1.45 bits per heavy atom. The zero-order valence-corrected chi connectivity index (χ0v) is 18.9. The van der Waals surface area contributed by atoms with Gasteiger partial charge in [0, 0.05) is 11.8 Å². The van der Waals surface area contributed by atoms with Gasteiger partial charge in [0.25, 0.3) is 0 Å². The Morgan fingerprint density at radius 1 is 0.788 bits per heavy atom. The fraction of sp³-hybridized carbons (Fsp3) is 0.231. The number of hydrogen-bond donors (Lipinski definition) is 1. The fourth-order valence-electron chi connectivity index (χ4n) is 5.71. The smallest absolute Gasteiger partial charge is 0.370 e. The summed E-state index contributed by atoms with van der Waals surface area (Å²) in [6.45, 7) is 2.15. The number of pyridine rings is 2. The van der Waals surface area contributed by atoms with Gasteiger partial charge < -0.3 is 5.73 Å². The van der Waals surface area contributed by atoms with Crippen molar-refractivity contribution in [2.45, 2.75) is 12.8 Å². The van der Waals surface area contributed by atoms with Crippen LogP contribution in [0.2, 0.25) is 0 Å². The average molecular weight is 438 g/mol. The van der Waals surface area contributed by atoms with Crippen LogP contribution < -0.4 is 24.3 Å². The zero-order chi connectivity index (χ0) is 22.3. The predicted octanol–water partition coefficient (Wildman–Crippen LogP) is 3.07. The summed E-state index contributed by atoms with van der Waals surface area (Å²) < 4.78 is 9.46. The monoisotopic (exact) mass is 437 g/mol. The highest BCUT2D eigenvalue weighted by Crippen LogP contribution is 2.35. The van der Waals surface area contributed by atoms with Crippen LogP contribution in [0.4, 0.5) is 17.6 Å². The summed E-state index contributed by atoms with van der Waals surface area (Å²) in [5.74, 6) is 2.31. The number of rotatable bonds is 2. The molecule has 0 unspecified atom stereocenters. The minimum atomic E-state index is 0.766. The van der Waals surface area contributed by atoms with E-state index < -0.39 is 0 Å². The summed E-state index contributed by atoms with van der Waals surface area (Å²) in [5.41, 5.74) is 14.2. The molecule has 7 heteroatoms. The van der Waals surface area contributed by atoms with Gasteiger partial charge in [-0.05, 0) is 49.2 Å². The molecule has 0 saturated carbocycles. The standard InChI is InChI=1S/C26H27N7/c1-28(2)25-30-15-5-3-9-20(30)24-23-21-10-4-6-16-31(21)26(29-13-7-8-14-29)32(23)19-12-11-18(27)17-22(19)33(24)25/h3-6,9-12,15-17H,7-8,13-14,27H2,1-2H3/q+2. The molecule has 0 amide bonds. The van der Waals surface area contributed by atoms with Gasteiger partial charge in [0.05, 0.1) is 39.6 Å². The van der Waals surface area contributed by atoms with Crippen molar-refractivity contribution < 1.29 is 8.80 Å². The SMILES string of the molecule is CN(C)c1n2c3cc(N)ccc3n3c(N4CCCC4)[n+]4ccccc4c3c2c2cccc[n+]12. The summed E-state index contributed by atoms with van der Waals surface area (Å²) in [4.78, 5) is 4.70. The molecule has 0 radical (unpaired) electrons. The number of benzene rings is 1. The third-order valence-electron chi connectivity index (χ3n) is 6.98. The molecular weight excluding hydrogens is 410 g/mol. The van der Waals surface area contributed by atoms with Crippen LogP contribution >= 0.6 is 0 Å². The summed E-state index contributed by atoms with van der Waals surface area (Å²) in [5, 5.41) is 0. The van der Waals surface area contributed by atoms with Crippen molar-refractivity contribution in [1.82, 2.24) is 8.80 Å². The second kappa shape index (κ2) is 6.51. The van der Waals surface area contributed by atoms with Crippen molar-refractivity contribution in [1.29, 1.82) is 0 Å². The number of nitrogens with two attached hydrogens (primary N) is 1. The van der Waals surface area contributed by atoms with Gasteiger partial charge in [0.1, 0.15) is 11.0 Å². The Balaban J connectivity index is 1.87. The number of aromatic nitrogens is 4. The first-order chi connectivity index (χ1) is 16.1. The molecule has 164 valence electrons. The van der Waals surface area contributed by atoms with Gasteiger partial charge in [-0.3, -0.25) is 9.80 Å². The lowest BCUT2D eigenvalue weighted by Crippen LogP contribution is -2.32. The molecule has 5 aromatic heterocycles. The molecule has 0 bridgehead atoms. The maximum absolute atomic E-state index is 6.36. The Hall–Kier alpha value is -4.00. The maximum Gasteiger partial charge on any atom is 0.370 e. The van der Waals surface area contributed by atoms with Crippen LogP contribution in [0.15, 0.2) is 67.0 Å². The number of nitrogens with zero attached hydrogens (tertiary/aromatic N) is 6. The number of nitrogen functional groups attached to an aromatic ring is 1. The van der Waals surface area contributed by atoms with E-state index in [0.717, 1.165) is 35.8 Å². The highest BCUT2D eigenvalue weighted by molar-refractivity contribution is 6.04. The quantitative estimate of drug-likeness (QED) is 0.335. The first-order valence-electron chi connectivity index (χ1n) is 11.6. The Bertz CT molecular complexity index is 1720. The molecule has 0 aliphatic carbocycles. The van der Waals surface area contributed by atoms with Crippen LogP contribution in [0.1, 0.15) is 12.8 Å². The van der Waals surface area contributed by atoms with Crippen LogP contribution in [-0.2, 0) is 0 Å². The van der Waals surface area contributed by atoms with E-state index in [1.54, 1.807) is 0 Å². The Kier molecular flexibility index (Phi) is 3.66. The minimum absolute atomic E-state index is 0.766. The van der Waals surface area contributed by atoms with Gasteiger partial charge in [-0.25, -0.2) is 8.80 Å². The van der Waals surface area contributed by atoms with Gasteiger partial charge >= 0.3 is 11.9 Å². The first-order valence-corrected chi connectivity index (χ1v) is 11.6. The second-order valence-corrected chi connectivity index (χ2v) is 9.22. The summed E-state index contributed by atoms with van der Waals surface area (Å²) in [6.07, 6.45) is 6.79. The molecule has 1 saturated heterocycles. The molecule has 1 aliphatic rings. The lowest BCUT2D eigenvalue weighted by atomic mass is 10.2. The van der Waals surface area contributed by atoms with Crippen molar-refractivity contribution in [3.8, 4) is 0 Å². The number of fused-ring (bicyclic) bond motifs is 10. The van der Waals surface area contributed by atoms with Gasteiger partial charge in [-0.2, -0.15) is 8.80 Å². The zero-order valence-electron chi connectivity index (χ0n) is 18.9. The molecule has 1 fully saturated rings. The van der Waals surface area contributed by atoms with E-state index in [0.29, 0.717) is 0 Å². The molecule has 7 nitrogen and oxygen atoms in total. The van der Waals surface area contributed by atoms with E-state index in [9.17, 15) is 0 Å². The predicted molar refractivity (Wildman–Crippen MR) is 132 cm³/mol. The van der Waals surface area contributed by atoms with Gasteiger partial charge in [0.15, 0.2) is 22.1 Å². The van der Waals surface area contributed by atoms with E-state index in [2.05, 4.69) is 102 Å². The number of anilines is 3. The van der Waals surface area contributed by atoms with Crippen LogP contribution in [0.25, 0.3) is 33.1 Å². The van der Waals surface area contributed by atoms with Crippen molar-refractivity contribution in [3.05, 3.63) is 67.0 Å². The van der Waals surface area contributed by atoms with Crippen molar-refractivity contribution >= 4 is 50.7 Å². The molecule has 1 aliphatic heterocycles. The highest BCUT2D eigenvalue weighted by Gasteiger charge is 2.35. The first kappa shape index (κ1) is 18.6. The third-order valence-corrected chi connectivity index (χ3v) is 6.98. The lowest BCUT2D eigenvalue weighted by Gasteiger charge is -2.11. The van der Waals surface area contributed by atoms with E-state index in [1.165, 1.54) is 40.9 Å². The summed E-state index contributed by atoms with van der Waals surface area (Å²) in [6, 6.07) is 19.2. The van der Waals surface area contributed by atoms with E-state index in [1.807, 2.05) is 6.07 Å². The highest BCUT2D eigenvalue weighted by atomic mass is 15.3. The van der Waals surface area contributed by atoms with Crippen LogP contribution in [0.3, 0.4) is 0 Å². The molecular formula is C26H27N7+2. The van der Waals surface area contributed by atoms with Crippen LogP contribution in [0, 0.1) is 0 Å². The average Bonchev–Trinajstić information content (AvgIpc) is 3.53. The van der Waals surface area contributed by atoms with Gasteiger partial charge in [0.2, 0.25) is 0 Å². The van der Waals surface area contributed by atoms with Gasteiger partial charge in [-0.1, -0.05) is 12.1 Å². The molecule has 7 rings (SSSR count). The van der Waals surface area contributed by atoms with Crippen molar-refractivity contribution in [3.63, 3.8) is 0 Å². The molecule has 6 heterocycles. The van der Waals surface area contributed by atoms with Crippen molar-refractivity contribution in [2.75, 3.05) is 42.7 Å². The number of imidazole rings is 2. The molecule has 1 aromatic carbocycles. The van der Waals surface area contributed by atoms with Crippen LogP contribution in [0.5, 0.6) is 0 Å². The van der Waals surface area contributed by atoms with E-state index in [-0.39, 0.29) is 0 Å². The minimum Gasteiger partial charge on any atom is -0.399 e. The van der Waals surface area contributed by atoms with E-state index >= 15 is 0 Å². The largest absolute Gasteiger partial charge is 0.399 e. The second-order valence-electron chi connectivity index (χ2n) is 9.22. The fourth-order valence-corrected chi connectivity index (χ4v) is 5.71. The normalized spacial score (nSPS) is 14.5. The van der Waals surface area contributed by atoms with Crippen molar-refractivity contribution in [2.24, 2.45) is 0 Å². The summed E-state index contributed by atoms with van der Waals surface area (Å²) >= 11 is 0. The molecule has 0 spiro atoms. The molecule has 0 atom stereocenters. The maximum atomic E-state index is 6.36.